The molecule has 14 heavy (non-hydrogen) atoms. The number of methoxy groups -OCH3 is 1. The molecular formula is C10H19NO3. The van der Waals surface area contributed by atoms with Crippen molar-refractivity contribution in [3.05, 3.63) is 0 Å². The number of ether oxygens (including phenoxy) is 1. The number of oxime groups is 1. The van der Waals surface area contributed by atoms with E-state index in [2.05, 4.69) is 16.8 Å². The van der Waals surface area contributed by atoms with Crippen molar-refractivity contribution in [3.63, 3.8) is 0 Å². The molecular weight excluding hydrogens is 182 g/mol. The van der Waals surface area contributed by atoms with Gasteiger partial charge in [0.2, 0.25) is 0 Å². The van der Waals surface area contributed by atoms with Crippen molar-refractivity contribution in [1.82, 2.24) is 0 Å². The molecule has 4 heteroatoms. The molecule has 0 aromatic rings. The lowest BCUT2D eigenvalue weighted by molar-refractivity contribution is -0.141. The maximum atomic E-state index is 10.6. The van der Waals surface area contributed by atoms with Crippen molar-refractivity contribution >= 4 is 12.2 Å². The van der Waals surface area contributed by atoms with Gasteiger partial charge in [-0.15, -0.1) is 0 Å². The van der Waals surface area contributed by atoms with E-state index < -0.39 is 0 Å². The molecule has 0 amide bonds. The van der Waals surface area contributed by atoms with Crippen LogP contribution in [0.5, 0.6) is 0 Å². The molecule has 0 saturated heterocycles. The lowest BCUT2D eigenvalue weighted by Crippen LogP contribution is -2.03. The first-order valence-electron chi connectivity index (χ1n) is 5.01. The summed E-state index contributed by atoms with van der Waals surface area (Å²) in [5.74, 6) is -0.272. The van der Waals surface area contributed by atoms with Crippen LogP contribution < -0.4 is 0 Å². The zero-order chi connectivity index (χ0) is 10.6. The number of rotatable bonds is 8. The van der Waals surface area contributed by atoms with Gasteiger partial charge < -0.3 is 9.57 Å². The zero-order valence-corrected chi connectivity index (χ0v) is 8.99. The number of carbonyl (C=O) groups excluding carboxylic acids is 1. The summed E-state index contributed by atoms with van der Waals surface area (Å²) in [6.45, 7) is 2.45. The van der Waals surface area contributed by atoms with Gasteiger partial charge >= 0.3 is 5.97 Å². The fourth-order valence-corrected chi connectivity index (χ4v) is 0.875. The van der Waals surface area contributed by atoms with E-state index in [4.69, 9.17) is 4.84 Å². The van der Waals surface area contributed by atoms with Crippen molar-refractivity contribution in [1.29, 1.82) is 0 Å². The topological polar surface area (TPSA) is 47.9 Å². The summed E-state index contributed by atoms with van der Waals surface area (Å²) in [5.41, 5.74) is 0. The van der Waals surface area contributed by atoms with E-state index in [0.717, 1.165) is 12.8 Å². The van der Waals surface area contributed by atoms with E-state index in [1.54, 1.807) is 6.21 Å². The Kier molecular flexibility index (Phi) is 9.26. The fraction of sp³-hybridized carbons (Fsp3) is 0.800. The van der Waals surface area contributed by atoms with E-state index in [1.165, 1.54) is 20.0 Å². The molecule has 82 valence electrons. The van der Waals surface area contributed by atoms with Crippen LogP contribution in [0.1, 0.15) is 39.0 Å². The third-order valence-electron chi connectivity index (χ3n) is 1.71. The molecule has 0 rings (SSSR count). The van der Waals surface area contributed by atoms with Crippen molar-refractivity contribution in [3.8, 4) is 0 Å². The first-order valence-corrected chi connectivity index (χ1v) is 5.01. The van der Waals surface area contributed by atoms with Gasteiger partial charge in [0.1, 0.15) is 6.61 Å². The van der Waals surface area contributed by atoms with Crippen LogP contribution in [0, 0.1) is 0 Å². The van der Waals surface area contributed by atoms with Crippen molar-refractivity contribution in [2.24, 2.45) is 5.16 Å². The number of carbonyl (C=O) groups is 1. The summed E-state index contributed by atoms with van der Waals surface area (Å²) in [6, 6.07) is 0. The third kappa shape index (κ3) is 9.03. The molecule has 0 aromatic carbocycles. The first kappa shape index (κ1) is 12.9. The van der Waals surface area contributed by atoms with Crippen LogP contribution >= 0.6 is 0 Å². The lowest BCUT2D eigenvalue weighted by Gasteiger charge is -1.97. The van der Waals surface area contributed by atoms with Crippen molar-refractivity contribution in [2.75, 3.05) is 13.7 Å². The second kappa shape index (κ2) is 10.0. The van der Waals surface area contributed by atoms with E-state index in [0.29, 0.717) is 0 Å². The smallest absolute Gasteiger partial charge is 0.309 e. The lowest BCUT2D eigenvalue weighted by atomic mass is 10.2. The number of esters is 1. The van der Waals surface area contributed by atoms with E-state index in [1.807, 2.05) is 0 Å². The minimum atomic E-state index is -0.272. The highest BCUT2D eigenvalue weighted by atomic mass is 16.6. The highest BCUT2D eigenvalue weighted by Gasteiger charge is 1.97. The Hall–Kier alpha value is -1.06. The monoisotopic (exact) mass is 201 g/mol. The average molecular weight is 201 g/mol. The van der Waals surface area contributed by atoms with Crippen LogP contribution in [-0.2, 0) is 14.4 Å². The molecule has 0 aliphatic rings. The summed E-state index contributed by atoms with van der Waals surface area (Å²) < 4.78 is 4.44. The van der Waals surface area contributed by atoms with Crippen molar-refractivity contribution in [2.45, 2.75) is 39.0 Å². The van der Waals surface area contributed by atoms with Gasteiger partial charge in [0.15, 0.2) is 0 Å². The molecule has 0 saturated carbocycles. The summed E-state index contributed by atoms with van der Waals surface area (Å²) in [5, 5.41) is 3.72. The molecule has 0 unspecified atom stereocenters. The van der Waals surface area contributed by atoms with Gasteiger partial charge in [-0.2, -0.15) is 0 Å². The van der Waals surface area contributed by atoms with Crippen molar-refractivity contribution < 1.29 is 14.4 Å². The maximum absolute atomic E-state index is 10.6. The van der Waals surface area contributed by atoms with Gasteiger partial charge in [-0.25, -0.2) is 0 Å². The summed E-state index contributed by atoms with van der Waals surface area (Å²) in [6.07, 6.45) is 6.49. The summed E-state index contributed by atoms with van der Waals surface area (Å²) in [7, 11) is 1.36. The SMILES string of the molecule is CCCCC/C=N/OCCC(=O)OC. The number of hydrogen-bond donors (Lipinski definition) is 0. The van der Waals surface area contributed by atoms with Crippen LogP contribution in [0.2, 0.25) is 0 Å². The highest BCUT2D eigenvalue weighted by Crippen LogP contribution is 1.96. The van der Waals surface area contributed by atoms with Crippen LogP contribution in [0.4, 0.5) is 0 Å². The molecule has 0 aliphatic carbocycles. The van der Waals surface area contributed by atoms with Gasteiger partial charge in [-0.3, -0.25) is 4.79 Å². The predicted octanol–water partition coefficient (Wildman–Crippen LogP) is 2.13. The Morgan fingerprint density at radius 1 is 1.43 bits per heavy atom. The quantitative estimate of drug-likeness (QED) is 0.261. The van der Waals surface area contributed by atoms with E-state index in [-0.39, 0.29) is 19.0 Å². The Balaban J connectivity index is 3.14. The van der Waals surface area contributed by atoms with Crippen LogP contribution in [0.25, 0.3) is 0 Å². The standard InChI is InChI=1S/C10H19NO3/c1-3-4-5-6-8-11-14-9-7-10(12)13-2/h8H,3-7,9H2,1-2H3/b11-8+. The molecule has 0 spiro atoms. The third-order valence-corrected chi connectivity index (χ3v) is 1.71. The predicted molar refractivity (Wildman–Crippen MR) is 55.2 cm³/mol. The molecule has 0 atom stereocenters. The number of hydrogen-bond acceptors (Lipinski definition) is 4. The Morgan fingerprint density at radius 3 is 2.86 bits per heavy atom. The summed E-state index contributed by atoms with van der Waals surface area (Å²) >= 11 is 0. The molecule has 0 radical (unpaired) electrons. The van der Waals surface area contributed by atoms with E-state index in [9.17, 15) is 4.79 Å². The molecule has 0 aliphatic heterocycles. The van der Waals surface area contributed by atoms with Gasteiger partial charge in [0.25, 0.3) is 0 Å². The molecule has 0 heterocycles. The Labute approximate surface area is 85.3 Å². The normalized spacial score (nSPS) is 10.4. The molecule has 0 fully saturated rings. The van der Waals surface area contributed by atoms with Gasteiger partial charge in [-0.05, 0) is 12.8 Å². The fourth-order valence-electron chi connectivity index (χ4n) is 0.875. The highest BCUT2D eigenvalue weighted by molar-refractivity contribution is 5.69. The molecule has 4 nitrogen and oxygen atoms in total. The maximum Gasteiger partial charge on any atom is 0.309 e. The molecule has 0 aromatic heterocycles. The largest absolute Gasteiger partial charge is 0.469 e. The van der Waals surface area contributed by atoms with Gasteiger partial charge in [-0.1, -0.05) is 24.9 Å². The Morgan fingerprint density at radius 2 is 2.21 bits per heavy atom. The van der Waals surface area contributed by atoms with Gasteiger partial charge in [0.05, 0.1) is 13.5 Å². The summed E-state index contributed by atoms with van der Waals surface area (Å²) in [4.78, 5) is 15.5. The van der Waals surface area contributed by atoms with Crippen LogP contribution in [-0.4, -0.2) is 25.9 Å². The van der Waals surface area contributed by atoms with Gasteiger partial charge in [0, 0.05) is 6.21 Å². The average Bonchev–Trinajstić information content (AvgIpc) is 2.21. The molecule has 0 N–H and O–H groups in total. The van der Waals surface area contributed by atoms with Crippen LogP contribution in [0.3, 0.4) is 0 Å². The minimum Gasteiger partial charge on any atom is -0.469 e. The van der Waals surface area contributed by atoms with Crippen LogP contribution in [0.15, 0.2) is 5.16 Å². The minimum absolute atomic E-state index is 0.253. The number of unbranched alkanes of at least 4 members (excludes halogenated alkanes) is 3. The molecule has 0 bridgehead atoms. The van der Waals surface area contributed by atoms with E-state index >= 15 is 0 Å². The second-order valence-corrected chi connectivity index (χ2v) is 2.94. The first-order chi connectivity index (χ1) is 6.81. The second-order valence-electron chi connectivity index (χ2n) is 2.94. The zero-order valence-electron chi connectivity index (χ0n) is 8.99. The number of nitrogens with zero attached hydrogens (tertiary/aromatic N) is 1. The Bertz CT molecular complexity index is 169.